The zero-order valence-electron chi connectivity index (χ0n) is 25.7. The maximum Gasteiger partial charge on any atom is 2.00 e. The van der Waals surface area contributed by atoms with Gasteiger partial charge in [-0.05, 0) is 61.7 Å². The van der Waals surface area contributed by atoms with E-state index in [0.717, 1.165) is 45.2 Å². The van der Waals surface area contributed by atoms with Gasteiger partial charge in [-0.15, -0.1) is 40.8 Å². The Balaban J connectivity index is 0.00000329. The molecule has 0 aliphatic carbocycles. The van der Waals surface area contributed by atoms with Crippen LogP contribution in [0.4, 0.5) is 0 Å². The van der Waals surface area contributed by atoms with Crippen LogP contribution >= 0.6 is 0 Å². The van der Waals surface area contributed by atoms with Gasteiger partial charge in [0.25, 0.3) is 0 Å². The normalized spacial score (nSPS) is 12.4. The summed E-state index contributed by atoms with van der Waals surface area (Å²) in [7, 11) is 0. The van der Waals surface area contributed by atoms with Crippen LogP contribution in [0.2, 0.25) is 0 Å². The number of rotatable bonds is 4. The second-order valence-electron chi connectivity index (χ2n) is 13.7. The van der Waals surface area contributed by atoms with Crippen LogP contribution < -0.4 is 4.74 Å². The first-order chi connectivity index (χ1) is 19.9. The SMILES string of the molecule is Cc1[c-]n2c3nc(Oc4[c-]c(-c5cc(C(C)(C)C)ccn5)ccc4)cc4cc(CC(C)(C)C)cc(c5cccc1c52)c43.[Pt+2]. The topological polar surface area (TPSA) is 39.4 Å². The van der Waals surface area contributed by atoms with Gasteiger partial charge in [-0.1, -0.05) is 96.6 Å². The summed E-state index contributed by atoms with van der Waals surface area (Å²) in [6.07, 6.45) is 6.41. The smallest absolute Gasteiger partial charge is 0.460 e. The van der Waals surface area contributed by atoms with Gasteiger partial charge in [0.2, 0.25) is 5.88 Å². The van der Waals surface area contributed by atoms with E-state index in [2.05, 4.69) is 119 Å². The van der Waals surface area contributed by atoms with Crippen molar-refractivity contribution in [3.8, 4) is 22.9 Å². The molecule has 4 nitrogen and oxygen atoms in total. The Morgan fingerprint density at radius 3 is 2.40 bits per heavy atom. The predicted octanol–water partition coefficient (Wildman–Crippen LogP) is 9.88. The summed E-state index contributed by atoms with van der Waals surface area (Å²) in [5.41, 5.74) is 7.62. The van der Waals surface area contributed by atoms with E-state index in [-0.39, 0.29) is 31.9 Å². The van der Waals surface area contributed by atoms with Crippen LogP contribution in [0.15, 0.2) is 72.9 Å². The first kappa shape index (κ1) is 29.3. The van der Waals surface area contributed by atoms with Crippen molar-refractivity contribution in [3.63, 3.8) is 0 Å². The Hall–Kier alpha value is -3.75. The van der Waals surface area contributed by atoms with E-state index in [0.29, 0.717) is 11.6 Å². The van der Waals surface area contributed by atoms with E-state index in [1.807, 2.05) is 24.4 Å². The number of aromatic nitrogens is 3. The summed E-state index contributed by atoms with van der Waals surface area (Å²) >= 11 is 0. The molecule has 0 bridgehead atoms. The van der Waals surface area contributed by atoms with Gasteiger partial charge in [-0.2, -0.15) is 0 Å². The Morgan fingerprint density at radius 2 is 1.63 bits per heavy atom. The second-order valence-corrected chi connectivity index (χ2v) is 13.7. The first-order valence-electron chi connectivity index (χ1n) is 14.6. The molecule has 0 aliphatic heterocycles. The zero-order chi connectivity index (χ0) is 29.4. The van der Waals surface area contributed by atoms with Gasteiger partial charge in [0.1, 0.15) is 0 Å². The molecule has 43 heavy (non-hydrogen) atoms. The average Bonchev–Trinajstić information content (AvgIpc) is 3.27. The maximum absolute atomic E-state index is 6.46. The molecule has 0 unspecified atom stereocenters. The van der Waals surface area contributed by atoms with Crippen molar-refractivity contribution in [3.05, 3.63) is 102 Å². The first-order valence-corrected chi connectivity index (χ1v) is 14.6. The minimum absolute atomic E-state index is 0. The van der Waals surface area contributed by atoms with Crippen molar-refractivity contribution in [1.82, 2.24) is 14.4 Å². The number of pyridine rings is 3. The van der Waals surface area contributed by atoms with E-state index in [1.54, 1.807) is 0 Å². The largest absolute Gasteiger partial charge is 2.00 e. The van der Waals surface area contributed by atoms with E-state index in [4.69, 9.17) is 9.72 Å². The van der Waals surface area contributed by atoms with Crippen LogP contribution in [-0.2, 0) is 32.9 Å². The second kappa shape index (κ2) is 10.5. The third-order valence-corrected chi connectivity index (χ3v) is 8.01. The Bertz CT molecular complexity index is 2130. The molecule has 0 saturated heterocycles. The zero-order valence-corrected chi connectivity index (χ0v) is 28.0. The molecular weight excluding hydrogens is 710 g/mol. The quantitative estimate of drug-likeness (QED) is 0.102. The van der Waals surface area contributed by atoms with Gasteiger partial charge in [0.15, 0.2) is 0 Å². The summed E-state index contributed by atoms with van der Waals surface area (Å²) in [6, 6.07) is 26.9. The molecule has 7 aromatic rings. The fourth-order valence-electron chi connectivity index (χ4n) is 6.12. The van der Waals surface area contributed by atoms with Gasteiger partial charge in [0, 0.05) is 18.0 Å². The molecule has 3 aromatic carbocycles. The van der Waals surface area contributed by atoms with E-state index in [9.17, 15) is 0 Å². The van der Waals surface area contributed by atoms with Gasteiger partial charge < -0.3 is 14.1 Å². The van der Waals surface area contributed by atoms with Gasteiger partial charge >= 0.3 is 21.1 Å². The molecule has 0 atom stereocenters. The van der Waals surface area contributed by atoms with Crippen molar-refractivity contribution >= 4 is 38.1 Å². The third-order valence-electron chi connectivity index (χ3n) is 8.01. The summed E-state index contributed by atoms with van der Waals surface area (Å²) in [6.45, 7) is 15.6. The van der Waals surface area contributed by atoms with E-state index < -0.39 is 0 Å². The van der Waals surface area contributed by atoms with Crippen molar-refractivity contribution in [2.75, 3.05) is 0 Å². The van der Waals surface area contributed by atoms with Crippen LogP contribution in [0.25, 0.3) is 49.4 Å². The Labute approximate surface area is 267 Å². The minimum Gasteiger partial charge on any atom is -0.460 e. The number of hydrogen-bond donors (Lipinski definition) is 0. The summed E-state index contributed by atoms with van der Waals surface area (Å²) < 4.78 is 8.58. The predicted molar refractivity (Wildman–Crippen MR) is 173 cm³/mol. The molecular formula is C38H35N3OPt. The monoisotopic (exact) mass is 744 g/mol. The van der Waals surface area contributed by atoms with Gasteiger partial charge in [0.05, 0.1) is 5.65 Å². The van der Waals surface area contributed by atoms with Crippen molar-refractivity contribution < 1.29 is 25.8 Å². The van der Waals surface area contributed by atoms with Crippen LogP contribution in [0.5, 0.6) is 11.6 Å². The fourth-order valence-corrected chi connectivity index (χ4v) is 6.12. The number of fused-ring (bicyclic) bond motifs is 2. The minimum atomic E-state index is 0. The molecule has 0 radical (unpaired) electrons. The molecule has 0 N–H and O–H groups in total. The Morgan fingerprint density at radius 1 is 0.860 bits per heavy atom. The summed E-state index contributed by atoms with van der Waals surface area (Å²) in [5, 5.41) is 5.90. The molecule has 0 amide bonds. The van der Waals surface area contributed by atoms with Crippen molar-refractivity contribution in [2.45, 2.75) is 60.3 Å². The standard InChI is InChI=1S/C38H35N3O.Pt/c1-23-22-41-35-29(23)12-9-13-30(35)31-17-24(21-37(2,3)4)16-26-19-33(40-36(41)34(26)31)42-28-11-8-10-25(18-28)32-20-27(14-15-39-32)38(5,6)7;/h8-17,19-20H,21H2,1-7H3;/q-2;+2. The van der Waals surface area contributed by atoms with Crippen LogP contribution in [0.1, 0.15) is 58.2 Å². The molecule has 218 valence electrons. The summed E-state index contributed by atoms with van der Waals surface area (Å²) in [5.74, 6) is 1.14. The molecule has 5 heteroatoms. The maximum atomic E-state index is 6.46. The molecule has 4 heterocycles. The van der Waals surface area contributed by atoms with Crippen LogP contribution in [-0.4, -0.2) is 14.4 Å². The molecule has 4 aromatic heterocycles. The van der Waals surface area contributed by atoms with Crippen LogP contribution in [0, 0.1) is 24.6 Å². The number of hydrogen-bond acceptors (Lipinski definition) is 3. The number of para-hydroxylation sites is 1. The number of benzene rings is 3. The van der Waals surface area contributed by atoms with Crippen molar-refractivity contribution in [1.29, 1.82) is 0 Å². The molecule has 0 aliphatic rings. The molecule has 0 fully saturated rings. The Kier molecular flexibility index (Phi) is 7.13. The van der Waals surface area contributed by atoms with E-state index in [1.165, 1.54) is 27.3 Å². The molecule has 0 spiro atoms. The summed E-state index contributed by atoms with van der Waals surface area (Å²) in [4.78, 5) is 9.72. The van der Waals surface area contributed by atoms with Crippen molar-refractivity contribution in [2.24, 2.45) is 5.41 Å². The average molecular weight is 745 g/mol. The van der Waals surface area contributed by atoms with Crippen LogP contribution in [0.3, 0.4) is 0 Å². The molecule has 7 rings (SSSR count). The number of aryl methyl sites for hydroxylation is 1. The van der Waals surface area contributed by atoms with Gasteiger partial charge in [-0.3, -0.25) is 0 Å². The van der Waals surface area contributed by atoms with E-state index >= 15 is 0 Å². The third kappa shape index (κ3) is 5.31. The fraction of sp³-hybridized carbons (Fsp3) is 0.263. The van der Waals surface area contributed by atoms with Gasteiger partial charge in [-0.25, -0.2) is 4.98 Å². The number of nitrogens with zero attached hydrogens (tertiary/aromatic N) is 3. The number of ether oxygens (including phenoxy) is 1. The molecule has 0 saturated carbocycles.